The number of piperidine rings is 1. The van der Waals surface area contributed by atoms with Crippen molar-refractivity contribution >= 4 is 18.5 Å². The molecule has 0 aromatic heterocycles. The van der Waals surface area contributed by atoms with Crippen LogP contribution in [0.25, 0.3) is 0 Å². The molecule has 9 nitrogen and oxygen atoms in total. The third kappa shape index (κ3) is 10.6. The highest BCUT2D eigenvalue weighted by atomic mass is 16.4. The average molecular weight is 498 g/mol. The molecular weight excluding hydrogens is 448 g/mol. The molecule has 1 unspecified atom stereocenters. The monoisotopic (exact) mass is 497 g/mol. The fourth-order valence-corrected chi connectivity index (χ4v) is 5.70. The van der Waals surface area contributed by atoms with Crippen molar-refractivity contribution < 1.29 is 29.8 Å². The molecule has 1 saturated heterocycles. The number of hydrogen-bond acceptors (Lipinski definition) is 7. The SMILES string of the molecule is CCNC[C@@](O)(CCCCCCC[C@H](CC=O)C[C@H]1N[C@@H](C)[C@H](O)C[C@@H]1[NH+]1CC=NC1)CC(=O)O. The van der Waals surface area contributed by atoms with Crippen molar-refractivity contribution in [2.24, 2.45) is 10.9 Å². The molecule has 35 heavy (non-hydrogen) atoms. The summed E-state index contributed by atoms with van der Waals surface area (Å²) in [4.78, 5) is 28.3. The number of likely N-dealkylation sites (N-methyl/N-ethyl adjacent to an activating group) is 1. The zero-order chi connectivity index (χ0) is 25.7. The van der Waals surface area contributed by atoms with Gasteiger partial charge in [-0.3, -0.25) is 4.79 Å². The average Bonchev–Trinajstić information content (AvgIpc) is 3.33. The Morgan fingerprint density at radius 1 is 1.31 bits per heavy atom. The normalized spacial score (nSPS) is 29.1. The molecule has 2 aliphatic rings. The summed E-state index contributed by atoms with van der Waals surface area (Å²) in [5.41, 5.74) is -1.19. The van der Waals surface area contributed by atoms with Crippen LogP contribution in [-0.2, 0) is 9.59 Å². The Morgan fingerprint density at radius 2 is 2.06 bits per heavy atom. The number of aliphatic hydroxyl groups is 2. The molecule has 6 N–H and O–H groups in total. The number of carboxylic acids is 1. The smallest absolute Gasteiger partial charge is 0.306 e. The molecule has 0 bridgehead atoms. The Balaban J connectivity index is 1.73. The number of carbonyl (C=O) groups is 2. The van der Waals surface area contributed by atoms with E-state index in [1.165, 1.54) is 4.90 Å². The molecule has 2 heterocycles. The van der Waals surface area contributed by atoms with Gasteiger partial charge in [0.1, 0.15) is 18.9 Å². The molecule has 0 aliphatic carbocycles. The van der Waals surface area contributed by atoms with Crippen LogP contribution in [0.2, 0.25) is 0 Å². The number of quaternary nitrogens is 1. The molecular formula is C26H49N4O5+. The number of aliphatic imine (C=N–C) groups is 1. The maximum atomic E-state index is 11.4. The van der Waals surface area contributed by atoms with Crippen LogP contribution < -0.4 is 15.5 Å². The van der Waals surface area contributed by atoms with E-state index in [9.17, 15) is 19.8 Å². The van der Waals surface area contributed by atoms with Gasteiger partial charge < -0.3 is 35.6 Å². The zero-order valence-electron chi connectivity index (χ0n) is 21.8. The quantitative estimate of drug-likeness (QED) is 0.120. The summed E-state index contributed by atoms with van der Waals surface area (Å²) in [5, 5.41) is 36.9. The van der Waals surface area contributed by atoms with Crippen molar-refractivity contribution in [3.8, 4) is 0 Å². The summed E-state index contributed by atoms with van der Waals surface area (Å²) in [7, 11) is 0. The molecule has 7 atom stereocenters. The lowest BCUT2D eigenvalue weighted by Crippen LogP contribution is -3.16. The first-order valence-electron chi connectivity index (χ1n) is 13.6. The van der Waals surface area contributed by atoms with Crippen LogP contribution in [0.3, 0.4) is 0 Å². The topological polar surface area (TPSA) is 136 Å². The number of aliphatic hydroxyl groups excluding tert-OH is 1. The summed E-state index contributed by atoms with van der Waals surface area (Å²) >= 11 is 0. The Kier molecular flexibility index (Phi) is 13.4. The number of carbonyl (C=O) groups excluding carboxylic acids is 1. The first kappa shape index (κ1) is 29.8. The number of aliphatic carboxylic acids is 1. The van der Waals surface area contributed by atoms with Crippen LogP contribution in [0.5, 0.6) is 0 Å². The lowest BCUT2D eigenvalue weighted by Gasteiger charge is -2.42. The van der Waals surface area contributed by atoms with Gasteiger partial charge in [0.2, 0.25) is 0 Å². The van der Waals surface area contributed by atoms with Gasteiger partial charge in [-0.25, -0.2) is 4.99 Å². The van der Waals surface area contributed by atoms with E-state index >= 15 is 0 Å². The van der Waals surface area contributed by atoms with Gasteiger partial charge in [0.05, 0.1) is 30.4 Å². The second-order valence-electron chi connectivity index (χ2n) is 10.7. The number of rotatable bonds is 18. The van der Waals surface area contributed by atoms with Gasteiger partial charge in [0.25, 0.3) is 0 Å². The predicted octanol–water partition coefficient (Wildman–Crippen LogP) is 0.534. The zero-order valence-corrected chi connectivity index (χ0v) is 21.8. The molecule has 0 radical (unpaired) electrons. The van der Waals surface area contributed by atoms with Gasteiger partial charge in [0.15, 0.2) is 6.67 Å². The summed E-state index contributed by atoms with van der Waals surface area (Å²) in [6, 6.07) is 0.645. The van der Waals surface area contributed by atoms with Crippen molar-refractivity contribution in [3.05, 3.63) is 0 Å². The first-order valence-corrected chi connectivity index (χ1v) is 13.6. The van der Waals surface area contributed by atoms with Crippen LogP contribution in [0.1, 0.15) is 84.5 Å². The highest BCUT2D eigenvalue weighted by Crippen LogP contribution is 2.25. The molecule has 2 rings (SSSR count). The van der Waals surface area contributed by atoms with Crippen molar-refractivity contribution in [2.45, 2.75) is 114 Å². The standard InChI is InChI=1S/C26H48N4O5/c1-3-27-18-26(35,17-25(33)34)11-8-6-4-5-7-9-21(10-14-31)15-22-23(30-13-12-28-19-30)16-24(32)20(2)29-22/h12,14,20-24,27,29,32,35H,3-11,13,15-19H2,1-2H3,(H,33,34)/p+1/t20-,21+,22+,23-,24+,26+/m0/s1. The molecule has 0 saturated carbocycles. The third-order valence-electron chi connectivity index (χ3n) is 7.79. The van der Waals surface area contributed by atoms with Crippen molar-refractivity contribution in [2.75, 3.05) is 26.3 Å². The highest BCUT2D eigenvalue weighted by molar-refractivity contribution is 5.68. The van der Waals surface area contributed by atoms with Gasteiger partial charge in [-0.2, -0.15) is 0 Å². The molecule has 9 heteroatoms. The molecule has 0 spiro atoms. The number of nitrogens with one attached hydrogen (secondary N) is 3. The van der Waals surface area contributed by atoms with Gasteiger partial charge in [-0.1, -0.05) is 39.0 Å². The molecule has 0 aromatic carbocycles. The lowest BCUT2D eigenvalue weighted by molar-refractivity contribution is -0.914. The van der Waals surface area contributed by atoms with Gasteiger partial charge in [-0.05, 0) is 38.6 Å². The summed E-state index contributed by atoms with van der Waals surface area (Å²) < 4.78 is 0. The Hall–Kier alpha value is -1.39. The van der Waals surface area contributed by atoms with Crippen LogP contribution >= 0.6 is 0 Å². The highest BCUT2D eigenvalue weighted by Gasteiger charge is 2.41. The fourth-order valence-electron chi connectivity index (χ4n) is 5.70. The van der Waals surface area contributed by atoms with Crippen molar-refractivity contribution in [3.63, 3.8) is 0 Å². The molecule has 2 aliphatic heterocycles. The van der Waals surface area contributed by atoms with Gasteiger partial charge in [-0.15, -0.1) is 0 Å². The number of aldehydes is 1. The molecule has 0 aromatic rings. The minimum atomic E-state index is -1.19. The Morgan fingerprint density at radius 3 is 2.71 bits per heavy atom. The molecule has 0 amide bonds. The minimum Gasteiger partial charge on any atom is -0.481 e. The van der Waals surface area contributed by atoms with Crippen molar-refractivity contribution in [1.82, 2.24) is 10.6 Å². The minimum absolute atomic E-state index is 0.0587. The van der Waals surface area contributed by atoms with Gasteiger partial charge in [0, 0.05) is 25.4 Å². The van der Waals surface area contributed by atoms with E-state index in [2.05, 4.69) is 15.6 Å². The van der Waals surface area contributed by atoms with Crippen LogP contribution in [0.15, 0.2) is 4.99 Å². The molecule has 1 fully saturated rings. The van der Waals surface area contributed by atoms with E-state index < -0.39 is 11.6 Å². The van der Waals surface area contributed by atoms with E-state index in [1.807, 2.05) is 20.1 Å². The maximum absolute atomic E-state index is 11.4. The fraction of sp³-hybridized carbons (Fsp3) is 0.885. The van der Waals surface area contributed by atoms with Crippen molar-refractivity contribution in [1.29, 1.82) is 0 Å². The van der Waals surface area contributed by atoms with Gasteiger partial charge >= 0.3 is 5.97 Å². The summed E-state index contributed by atoms with van der Waals surface area (Å²) in [5.74, 6) is -0.636. The Labute approximate surface area is 210 Å². The molecule has 202 valence electrons. The van der Waals surface area contributed by atoms with Crippen LogP contribution in [0.4, 0.5) is 0 Å². The van der Waals surface area contributed by atoms with Crippen LogP contribution in [0, 0.1) is 5.92 Å². The number of unbranched alkanes of at least 4 members (excludes halogenated alkanes) is 4. The maximum Gasteiger partial charge on any atom is 0.306 e. The van der Waals surface area contributed by atoms with E-state index in [0.29, 0.717) is 37.9 Å². The van der Waals surface area contributed by atoms with Crippen LogP contribution in [-0.4, -0.2) is 89.9 Å². The summed E-state index contributed by atoms with van der Waals surface area (Å²) in [6.07, 6.45) is 11.2. The second kappa shape index (κ2) is 15.7. The first-order chi connectivity index (χ1) is 16.8. The second-order valence-corrected chi connectivity index (χ2v) is 10.7. The van der Waals surface area contributed by atoms with E-state index in [4.69, 9.17) is 5.11 Å². The number of nitrogens with zero attached hydrogens (tertiary/aromatic N) is 1. The largest absolute Gasteiger partial charge is 0.481 e. The number of carboxylic acid groups (broad SMARTS) is 1. The summed E-state index contributed by atoms with van der Waals surface area (Å²) in [6.45, 7) is 6.65. The third-order valence-corrected chi connectivity index (χ3v) is 7.79. The van der Waals surface area contributed by atoms with E-state index in [1.54, 1.807) is 0 Å². The lowest BCUT2D eigenvalue weighted by atomic mass is 9.83. The predicted molar refractivity (Wildman–Crippen MR) is 137 cm³/mol. The Bertz CT molecular complexity index is 656. The van der Waals surface area contributed by atoms with E-state index in [0.717, 1.165) is 70.9 Å². The van der Waals surface area contributed by atoms with E-state index in [-0.39, 0.29) is 24.6 Å². The number of hydrogen-bond donors (Lipinski definition) is 6.